The number of hydrogen-bond acceptors (Lipinski definition) is 4. The Labute approximate surface area is 134 Å². The Balaban J connectivity index is 1.87. The molecule has 1 heterocycles. The SMILES string of the molecule is C=C(NCCN1CCCCC1)Nc1ccc(N)cc1C(F)(F)F. The number of anilines is 2. The number of likely N-dealkylation sites (tertiary alicyclic amines) is 1. The molecule has 0 atom stereocenters. The molecule has 1 saturated heterocycles. The zero-order valence-corrected chi connectivity index (χ0v) is 13.0. The third-order valence-electron chi connectivity index (χ3n) is 3.85. The average molecular weight is 328 g/mol. The van der Waals surface area contributed by atoms with E-state index in [-0.39, 0.29) is 11.4 Å². The maximum atomic E-state index is 13.0. The van der Waals surface area contributed by atoms with Crippen LogP contribution in [0.25, 0.3) is 0 Å². The van der Waals surface area contributed by atoms with Crippen molar-refractivity contribution in [3.63, 3.8) is 0 Å². The molecular formula is C16H23F3N4. The Morgan fingerprint density at radius 1 is 1.22 bits per heavy atom. The van der Waals surface area contributed by atoms with Crippen LogP contribution in [0.4, 0.5) is 24.5 Å². The van der Waals surface area contributed by atoms with Crippen LogP contribution in [0.5, 0.6) is 0 Å². The van der Waals surface area contributed by atoms with Crippen LogP contribution in [0.1, 0.15) is 24.8 Å². The van der Waals surface area contributed by atoms with Gasteiger partial charge in [0.05, 0.1) is 17.1 Å². The van der Waals surface area contributed by atoms with Gasteiger partial charge in [-0.05, 0) is 44.1 Å². The second-order valence-electron chi connectivity index (χ2n) is 5.74. The molecule has 23 heavy (non-hydrogen) atoms. The lowest BCUT2D eigenvalue weighted by Crippen LogP contribution is -2.36. The average Bonchev–Trinajstić information content (AvgIpc) is 2.49. The molecule has 1 aromatic rings. The van der Waals surface area contributed by atoms with Gasteiger partial charge in [-0.15, -0.1) is 0 Å². The van der Waals surface area contributed by atoms with Crippen LogP contribution in [0.2, 0.25) is 0 Å². The molecule has 0 aromatic heterocycles. The summed E-state index contributed by atoms with van der Waals surface area (Å²) in [5, 5.41) is 5.71. The molecule has 1 aliphatic heterocycles. The number of benzene rings is 1. The van der Waals surface area contributed by atoms with Crippen LogP contribution in [-0.2, 0) is 6.18 Å². The van der Waals surface area contributed by atoms with Crippen molar-refractivity contribution in [2.45, 2.75) is 25.4 Å². The summed E-state index contributed by atoms with van der Waals surface area (Å²) in [4.78, 5) is 2.34. The van der Waals surface area contributed by atoms with E-state index in [0.717, 1.165) is 25.7 Å². The van der Waals surface area contributed by atoms with Gasteiger partial charge in [-0.3, -0.25) is 0 Å². The van der Waals surface area contributed by atoms with Crippen LogP contribution in [0.3, 0.4) is 0 Å². The maximum Gasteiger partial charge on any atom is 0.418 e. The third kappa shape index (κ3) is 5.35. The van der Waals surface area contributed by atoms with Crippen LogP contribution >= 0.6 is 0 Å². The van der Waals surface area contributed by atoms with E-state index in [9.17, 15) is 13.2 Å². The van der Waals surface area contributed by atoms with Crippen molar-refractivity contribution in [1.29, 1.82) is 0 Å². The molecule has 4 nitrogen and oxygen atoms in total. The van der Waals surface area contributed by atoms with Crippen LogP contribution < -0.4 is 16.4 Å². The number of nitrogens with two attached hydrogens (primary N) is 1. The highest BCUT2D eigenvalue weighted by Crippen LogP contribution is 2.36. The number of nitrogens with zero attached hydrogens (tertiary/aromatic N) is 1. The van der Waals surface area contributed by atoms with E-state index in [1.807, 2.05) is 0 Å². The Hall–Kier alpha value is -1.89. The van der Waals surface area contributed by atoms with Crippen molar-refractivity contribution < 1.29 is 13.2 Å². The van der Waals surface area contributed by atoms with Gasteiger partial charge in [-0.25, -0.2) is 0 Å². The molecule has 4 N–H and O–H groups in total. The lowest BCUT2D eigenvalue weighted by atomic mass is 10.1. The first kappa shape index (κ1) is 17.5. The van der Waals surface area contributed by atoms with Gasteiger partial charge in [-0.2, -0.15) is 13.2 Å². The first-order valence-corrected chi connectivity index (χ1v) is 7.75. The van der Waals surface area contributed by atoms with Crippen molar-refractivity contribution in [2.75, 3.05) is 37.2 Å². The fourth-order valence-electron chi connectivity index (χ4n) is 2.66. The van der Waals surface area contributed by atoms with Gasteiger partial charge in [0.1, 0.15) is 0 Å². The van der Waals surface area contributed by atoms with Gasteiger partial charge in [0.15, 0.2) is 0 Å². The van der Waals surface area contributed by atoms with Gasteiger partial charge in [0, 0.05) is 18.8 Å². The first-order chi connectivity index (χ1) is 10.9. The van der Waals surface area contributed by atoms with E-state index >= 15 is 0 Å². The summed E-state index contributed by atoms with van der Waals surface area (Å²) >= 11 is 0. The first-order valence-electron chi connectivity index (χ1n) is 7.75. The number of halogens is 3. The second-order valence-corrected chi connectivity index (χ2v) is 5.74. The molecule has 0 unspecified atom stereocenters. The predicted octanol–water partition coefficient (Wildman–Crippen LogP) is 3.25. The molecule has 0 spiro atoms. The Morgan fingerprint density at radius 3 is 2.57 bits per heavy atom. The summed E-state index contributed by atoms with van der Waals surface area (Å²) in [5.74, 6) is 0.345. The molecule has 0 bridgehead atoms. The highest BCUT2D eigenvalue weighted by atomic mass is 19.4. The van der Waals surface area contributed by atoms with Crippen LogP contribution in [0, 0.1) is 0 Å². The molecule has 0 saturated carbocycles. The smallest absolute Gasteiger partial charge is 0.399 e. The van der Waals surface area contributed by atoms with E-state index < -0.39 is 11.7 Å². The molecular weight excluding hydrogens is 305 g/mol. The van der Waals surface area contributed by atoms with Crippen molar-refractivity contribution in [2.24, 2.45) is 0 Å². The fourth-order valence-corrected chi connectivity index (χ4v) is 2.66. The summed E-state index contributed by atoms with van der Waals surface area (Å²) in [7, 11) is 0. The summed E-state index contributed by atoms with van der Waals surface area (Å²) in [6.45, 7) is 7.40. The molecule has 7 heteroatoms. The largest absolute Gasteiger partial charge is 0.418 e. The highest BCUT2D eigenvalue weighted by molar-refractivity contribution is 5.61. The van der Waals surface area contributed by atoms with E-state index in [1.165, 1.54) is 31.4 Å². The predicted molar refractivity (Wildman–Crippen MR) is 86.9 cm³/mol. The lowest BCUT2D eigenvalue weighted by molar-refractivity contribution is -0.136. The number of alkyl halides is 3. The topological polar surface area (TPSA) is 53.3 Å². The zero-order chi connectivity index (χ0) is 16.9. The molecule has 0 aliphatic carbocycles. The minimum absolute atomic E-state index is 0.0535. The van der Waals surface area contributed by atoms with Crippen molar-refractivity contribution in [1.82, 2.24) is 10.2 Å². The number of nitrogen functional groups attached to an aromatic ring is 1. The maximum absolute atomic E-state index is 13.0. The molecule has 1 fully saturated rings. The number of piperidine rings is 1. The monoisotopic (exact) mass is 328 g/mol. The summed E-state index contributed by atoms with van der Waals surface area (Å²) in [6.07, 6.45) is -0.777. The molecule has 1 aromatic carbocycles. The molecule has 0 amide bonds. The van der Waals surface area contributed by atoms with Crippen LogP contribution in [-0.4, -0.2) is 31.1 Å². The van der Waals surface area contributed by atoms with E-state index in [4.69, 9.17) is 5.73 Å². The molecule has 1 aliphatic rings. The van der Waals surface area contributed by atoms with Gasteiger partial charge in [0.25, 0.3) is 0 Å². The van der Waals surface area contributed by atoms with Gasteiger partial charge >= 0.3 is 6.18 Å². The number of nitrogens with one attached hydrogen (secondary N) is 2. The summed E-state index contributed by atoms with van der Waals surface area (Å²) in [6, 6.07) is 3.66. The number of rotatable bonds is 6. The fraction of sp³-hybridized carbons (Fsp3) is 0.500. The third-order valence-corrected chi connectivity index (χ3v) is 3.85. The highest BCUT2D eigenvalue weighted by Gasteiger charge is 2.33. The van der Waals surface area contributed by atoms with Crippen LogP contribution in [0.15, 0.2) is 30.6 Å². The summed E-state index contributed by atoms with van der Waals surface area (Å²) < 4.78 is 39.1. The minimum Gasteiger partial charge on any atom is -0.399 e. The van der Waals surface area contributed by atoms with Gasteiger partial charge in [-0.1, -0.05) is 13.0 Å². The van der Waals surface area contributed by atoms with Gasteiger partial charge < -0.3 is 21.3 Å². The quantitative estimate of drug-likeness (QED) is 0.702. The van der Waals surface area contributed by atoms with E-state index in [0.29, 0.717) is 12.4 Å². The molecule has 2 rings (SSSR count). The lowest BCUT2D eigenvalue weighted by Gasteiger charge is -2.26. The zero-order valence-electron chi connectivity index (χ0n) is 13.0. The second kappa shape index (κ2) is 7.59. The van der Waals surface area contributed by atoms with E-state index in [1.54, 1.807) is 0 Å². The Bertz CT molecular complexity index is 537. The standard InChI is InChI=1S/C16H23F3N4/c1-12(21-7-10-23-8-3-2-4-9-23)22-15-6-5-13(20)11-14(15)16(17,18)19/h5-6,11,21-22H,1-4,7-10,20H2. The number of hydrogen-bond donors (Lipinski definition) is 3. The van der Waals surface area contributed by atoms with E-state index in [2.05, 4.69) is 22.1 Å². The van der Waals surface area contributed by atoms with Crippen molar-refractivity contribution in [3.05, 3.63) is 36.2 Å². The minimum atomic E-state index is -4.47. The Kier molecular flexibility index (Phi) is 5.76. The van der Waals surface area contributed by atoms with Crippen molar-refractivity contribution in [3.8, 4) is 0 Å². The summed E-state index contributed by atoms with van der Waals surface area (Å²) in [5.41, 5.74) is 4.67. The van der Waals surface area contributed by atoms with Gasteiger partial charge in [0.2, 0.25) is 0 Å². The normalized spacial score (nSPS) is 16.1. The molecule has 128 valence electrons. The molecule has 0 radical (unpaired) electrons. The Morgan fingerprint density at radius 2 is 1.91 bits per heavy atom. The van der Waals surface area contributed by atoms with Crippen molar-refractivity contribution >= 4 is 11.4 Å².